The maximum absolute atomic E-state index is 12.9. The lowest BCUT2D eigenvalue weighted by Crippen LogP contribution is -2.16. The first-order valence-electron chi connectivity index (χ1n) is 6.52. The Balaban J connectivity index is 1.83. The van der Waals surface area contributed by atoms with Crippen LogP contribution in [0.15, 0.2) is 53.1 Å². The number of aromatic nitrogens is 2. The number of nitrogens with one attached hydrogen (secondary N) is 2. The minimum absolute atomic E-state index is 0.0478. The lowest BCUT2D eigenvalue weighted by molar-refractivity contribution is -0.136. The van der Waals surface area contributed by atoms with Crippen molar-refractivity contribution in [1.29, 1.82) is 0 Å². The highest BCUT2D eigenvalue weighted by Crippen LogP contribution is 2.34. The molecule has 0 atom stereocenters. The average molecular weight is 321 g/mol. The Morgan fingerprint density at radius 2 is 1.96 bits per heavy atom. The molecule has 0 unspecified atom stereocenters. The van der Waals surface area contributed by atoms with E-state index in [0.717, 1.165) is 6.07 Å². The molecule has 0 fully saturated rings. The maximum Gasteiger partial charge on any atom is 0.418 e. The molecule has 3 rings (SSSR count). The molecule has 23 heavy (non-hydrogen) atoms. The lowest BCUT2D eigenvalue weighted by Gasteiger charge is -2.12. The second-order valence-corrected chi connectivity index (χ2v) is 4.64. The van der Waals surface area contributed by atoms with Crippen LogP contribution in [0.5, 0.6) is 0 Å². The highest BCUT2D eigenvalue weighted by molar-refractivity contribution is 6.03. The van der Waals surface area contributed by atoms with E-state index < -0.39 is 17.6 Å². The molecule has 0 bridgehead atoms. The number of benzene rings is 1. The minimum Gasteiger partial charge on any atom is -0.463 e. The van der Waals surface area contributed by atoms with Crippen molar-refractivity contribution < 1.29 is 22.4 Å². The molecule has 3 aromatic rings. The zero-order valence-electron chi connectivity index (χ0n) is 11.5. The Hall–Kier alpha value is -3.03. The molecule has 5 nitrogen and oxygen atoms in total. The summed E-state index contributed by atoms with van der Waals surface area (Å²) in [4.78, 5) is 12.1. The molecule has 2 aromatic heterocycles. The summed E-state index contributed by atoms with van der Waals surface area (Å²) >= 11 is 0. The fourth-order valence-corrected chi connectivity index (χ4v) is 2.02. The SMILES string of the molecule is O=C(Nc1ccccc1C(F)(F)F)c1cc(-c2ccco2)[nH]n1. The number of anilines is 1. The van der Waals surface area contributed by atoms with Gasteiger partial charge in [-0.25, -0.2) is 0 Å². The largest absolute Gasteiger partial charge is 0.463 e. The van der Waals surface area contributed by atoms with Crippen molar-refractivity contribution in [2.45, 2.75) is 6.18 Å². The van der Waals surface area contributed by atoms with Crippen molar-refractivity contribution in [3.8, 4) is 11.5 Å². The number of nitrogens with zero attached hydrogens (tertiary/aromatic N) is 1. The van der Waals surface area contributed by atoms with E-state index in [9.17, 15) is 18.0 Å². The zero-order chi connectivity index (χ0) is 16.4. The third kappa shape index (κ3) is 3.10. The van der Waals surface area contributed by atoms with Crippen molar-refractivity contribution in [3.63, 3.8) is 0 Å². The summed E-state index contributed by atoms with van der Waals surface area (Å²) in [5.41, 5.74) is -0.847. The predicted octanol–water partition coefficient (Wildman–Crippen LogP) is 3.94. The van der Waals surface area contributed by atoms with E-state index in [1.54, 1.807) is 12.1 Å². The van der Waals surface area contributed by atoms with Crippen LogP contribution >= 0.6 is 0 Å². The van der Waals surface area contributed by atoms with Gasteiger partial charge in [0.2, 0.25) is 0 Å². The quantitative estimate of drug-likeness (QED) is 0.767. The first-order chi connectivity index (χ1) is 10.9. The van der Waals surface area contributed by atoms with Crippen LogP contribution in [-0.4, -0.2) is 16.1 Å². The molecule has 0 saturated heterocycles. The summed E-state index contributed by atoms with van der Waals surface area (Å²) in [6.45, 7) is 0. The number of hydrogen-bond acceptors (Lipinski definition) is 3. The number of H-pyrrole nitrogens is 1. The van der Waals surface area contributed by atoms with Crippen LogP contribution < -0.4 is 5.32 Å². The lowest BCUT2D eigenvalue weighted by atomic mass is 10.1. The van der Waals surface area contributed by atoms with Gasteiger partial charge in [-0.2, -0.15) is 18.3 Å². The van der Waals surface area contributed by atoms with Crippen molar-refractivity contribution in [3.05, 3.63) is 60.0 Å². The Morgan fingerprint density at radius 1 is 1.17 bits per heavy atom. The first-order valence-corrected chi connectivity index (χ1v) is 6.52. The van der Waals surface area contributed by atoms with Crippen LogP contribution in [-0.2, 0) is 6.18 Å². The van der Waals surface area contributed by atoms with E-state index in [1.165, 1.54) is 30.5 Å². The molecule has 0 spiro atoms. The Labute approximate surface area is 128 Å². The second-order valence-electron chi connectivity index (χ2n) is 4.64. The van der Waals surface area contributed by atoms with Crippen LogP contribution in [0.2, 0.25) is 0 Å². The number of halogens is 3. The number of carbonyl (C=O) groups is 1. The third-order valence-electron chi connectivity index (χ3n) is 3.08. The summed E-state index contributed by atoms with van der Waals surface area (Å²) in [6.07, 6.45) is -3.11. The van der Waals surface area contributed by atoms with Gasteiger partial charge >= 0.3 is 6.18 Å². The van der Waals surface area contributed by atoms with Gasteiger partial charge in [0.25, 0.3) is 5.91 Å². The average Bonchev–Trinajstić information content (AvgIpc) is 3.18. The van der Waals surface area contributed by atoms with Gasteiger partial charge in [0.1, 0.15) is 5.69 Å². The van der Waals surface area contributed by atoms with E-state index in [1.807, 2.05) is 0 Å². The van der Waals surface area contributed by atoms with E-state index in [2.05, 4.69) is 15.5 Å². The number of carbonyl (C=O) groups excluding carboxylic acids is 1. The molecule has 8 heteroatoms. The summed E-state index contributed by atoms with van der Waals surface area (Å²) in [5.74, 6) is -0.289. The predicted molar refractivity (Wildman–Crippen MR) is 75.7 cm³/mol. The molecule has 1 aromatic carbocycles. The number of rotatable bonds is 3. The van der Waals surface area contributed by atoms with Crippen LogP contribution in [0.25, 0.3) is 11.5 Å². The van der Waals surface area contributed by atoms with Crippen LogP contribution in [0.4, 0.5) is 18.9 Å². The summed E-state index contributed by atoms with van der Waals surface area (Å²) in [5, 5.41) is 8.59. The van der Waals surface area contributed by atoms with Crippen LogP contribution in [0.3, 0.4) is 0 Å². The number of furan rings is 1. The van der Waals surface area contributed by atoms with Crippen LogP contribution in [0.1, 0.15) is 16.1 Å². The van der Waals surface area contributed by atoms with Gasteiger partial charge in [-0.3, -0.25) is 9.89 Å². The van der Waals surface area contributed by atoms with E-state index in [-0.39, 0.29) is 11.4 Å². The third-order valence-corrected chi connectivity index (χ3v) is 3.08. The summed E-state index contributed by atoms with van der Waals surface area (Å²) < 4.78 is 43.9. The maximum atomic E-state index is 12.9. The van der Waals surface area contributed by atoms with Gasteiger partial charge in [0, 0.05) is 6.07 Å². The summed E-state index contributed by atoms with van der Waals surface area (Å²) in [6, 6.07) is 9.45. The number of aromatic amines is 1. The molecular formula is C15H10F3N3O2. The standard InChI is InChI=1S/C15H10F3N3O2/c16-15(17,18)9-4-1-2-5-10(9)19-14(22)12-8-11(20-21-12)13-6-3-7-23-13/h1-8H,(H,19,22)(H,20,21). The molecule has 0 aliphatic carbocycles. The van der Waals surface area contributed by atoms with Gasteiger partial charge in [-0.1, -0.05) is 12.1 Å². The molecule has 2 N–H and O–H groups in total. The van der Waals surface area contributed by atoms with Gasteiger partial charge < -0.3 is 9.73 Å². The molecule has 0 saturated carbocycles. The summed E-state index contributed by atoms with van der Waals surface area (Å²) in [7, 11) is 0. The highest BCUT2D eigenvalue weighted by Gasteiger charge is 2.33. The topological polar surface area (TPSA) is 70.9 Å². The number of amides is 1. The monoisotopic (exact) mass is 321 g/mol. The van der Waals surface area contributed by atoms with Gasteiger partial charge in [0.15, 0.2) is 11.5 Å². The number of hydrogen-bond donors (Lipinski definition) is 2. The zero-order valence-corrected chi connectivity index (χ0v) is 11.5. The van der Waals surface area contributed by atoms with E-state index >= 15 is 0 Å². The Morgan fingerprint density at radius 3 is 2.65 bits per heavy atom. The van der Waals surface area contributed by atoms with Crippen molar-refractivity contribution in [2.24, 2.45) is 0 Å². The second kappa shape index (κ2) is 5.64. The minimum atomic E-state index is -4.56. The number of para-hydroxylation sites is 1. The first kappa shape index (κ1) is 14.9. The fourth-order valence-electron chi connectivity index (χ4n) is 2.02. The Bertz CT molecular complexity index is 823. The van der Waals surface area contributed by atoms with Gasteiger partial charge in [-0.15, -0.1) is 0 Å². The van der Waals surface area contributed by atoms with Crippen molar-refractivity contribution in [1.82, 2.24) is 10.2 Å². The smallest absolute Gasteiger partial charge is 0.418 e. The van der Waals surface area contributed by atoms with Crippen LogP contribution in [0, 0.1) is 0 Å². The molecular weight excluding hydrogens is 311 g/mol. The van der Waals surface area contributed by atoms with E-state index in [0.29, 0.717) is 11.5 Å². The van der Waals surface area contributed by atoms with Crippen molar-refractivity contribution >= 4 is 11.6 Å². The molecule has 118 valence electrons. The molecule has 0 aliphatic heterocycles. The van der Waals surface area contributed by atoms with Gasteiger partial charge in [-0.05, 0) is 24.3 Å². The fraction of sp³-hybridized carbons (Fsp3) is 0.0667. The van der Waals surface area contributed by atoms with Gasteiger partial charge in [0.05, 0.1) is 17.5 Å². The highest BCUT2D eigenvalue weighted by atomic mass is 19.4. The van der Waals surface area contributed by atoms with E-state index in [4.69, 9.17) is 4.42 Å². The molecule has 0 aliphatic rings. The molecule has 2 heterocycles. The molecule has 1 amide bonds. The Kier molecular flexibility index (Phi) is 3.65. The molecule has 0 radical (unpaired) electrons. The normalized spacial score (nSPS) is 11.4. The number of alkyl halides is 3. The van der Waals surface area contributed by atoms with Crippen molar-refractivity contribution in [2.75, 3.05) is 5.32 Å².